The Morgan fingerprint density at radius 2 is 2.33 bits per heavy atom. The van der Waals surface area contributed by atoms with Gasteiger partial charge in [0.05, 0.1) is 6.54 Å². The van der Waals surface area contributed by atoms with Crippen LogP contribution in [0, 0.1) is 6.92 Å². The number of aromatic nitrogens is 3. The molecule has 0 aliphatic heterocycles. The lowest BCUT2D eigenvalue weighted by molar-refractivity contribution is -0.115. The first-order valence-corrected chi connectivity index (χ1v) is 6.08. The van der Waals surface area contributed by atoms with E-state index in [0.717, 1.165) is 0 Å². The maximum absolute atomic E-state index is 11.5. The first-order chi connectivity index (χ1) is 8.65. The Morgan fingerprint density at radius 3 is 2.94 bits per heavy atom. The predicted octanol–water partition coefficient (Wildman–Crippen LogP) is 0.543. The van der Waals surface area contributed by atoms with Gasteiger partial charge in [-0.15, -0.1) is 5.10 Å². The monoisotopic (exact) mass is 265 g/mol. The molecule has 0 saturated heterocycles. The Kier molecular flexibility index (Phi) is 3.68. The number of thiophene rings is 1. The quantitative estimate of drug-likeness (QED) is 0.751. The van der Waals surface area contributed by atoms with E-state index in [4.69, 9.17) is 0 Å². The molecule has 2 aromatic rings. The van der Waals surface area contributed by atoms with Crippen molar-refractivity contribution in [2.75, 3.05) is 11.9 Å². The Labute approximate surface area is 107 Å². The molecule has 18 heavy (non-hydrogen) atoms. The highest BCUT2D eigenvalue weighted by atomic mass is 32.1. The van der Waals surface area contributed by atoms with E-state index in [1.54, 1.807) is 23.8 Å². The molecule has 0 atom stereocenters. The van der Waals surface area contributed by atoms with Gasteiger partial charge in [0.25, 0.3) is 5.91 Å². The van der Waals surface area contributed by atoms with Crippen molar-refractivity contribution in [2.24, 2.45) is 0 Å². The van der Waals surface area contributed by atoms with Gasteiger partial charge in [-0.2, -0.15) is 16.3 Å². The Hall–Kier alpha value is -2.22. The second-order valence-corrected chi connectivity index (χ2v) is 4.27. The molecule has 3 N–H and O–H groups in total. The van der Waals surface area contributed by atoms with Crippen LogP contribution in [0.1, 0.15) is 16.2 Å². The molecule has 0 radical (unpaired) electrons. The molecule has 94 valence electrons. The van der Waals surface area contributed by atoms with E-state index in [0.29, 0.717) is 11.4 Å². The molecule has 0 unspecified atom stereocenters. The SMILES string of the molecule is Cc1nc(NC(=O)CNC(=O)c2ccsc2)n[nH]1. The number of H-pyrrole nitrogens is 1. The zero-order valence-electron chi connectivity index (χ0n) is 9.56. The van der Waals surface area contributed by atoms with Gasteiger partial charge in [-0.1, -0.05) is 0 Å². The average Bonchev–Trinajstić information content (AvgIpc) is 2.97. The van der Waals surface area contributed by atoms with Gasteiger partial charge >= 0.3 is 0 Å². The van der Waals surface area contributed by atoms with Gasteiger partial charge in [0.15, 0.2) is 0 Å². The second-order valence-electron chi connectivity index (χ2n) is 3.49. The standard InChI is InChI=1S/C10H11N5O2S/c1-6-12-10(15-14-6)13-8(16)4-11-9(17)7-2-3-18-5-7/h2-3,5H,4H2,1H3,(H,11,17)(H2,12,13,14,15,16). The maximum atomic E-state index is 11.5. The number of carbonyl (C=O) groups is 2. The molecule has 0 aliphatic carbocycles. The maximum Gasteiger partial charge on any atom is 0.252 e. The van der Waals surface area contributed by atoms with E-state index in [1.807, 2.05) is 0 Å². The first-order valence-electron chi connectivity index (χ1n) is 5.14. The van der Waals surface area contributed by atoms with Gasteiger partial charge < -0.3 is 5.32 Å². The number of carbonyl (C=O) groups excluding carboxylic acids is 2. The fraction of sp³-hybridized carbons (Fsp3) is 0.200. The third-order valence-electron chi connectivity index (χ3n) is 2.04. The minimum absolute atomic E-state index is 0.123. The van der Waals surface area contributed by atoms with Crippen LogP contribution >= 0.6 is 11.3 Å². The van der Waals surface area contributed by atoms with Crippen LogP contribution in [0.4, 0.5) is 5.95 Å². The number of amides is 2. The molecule has 8 heteroatoms. The minimum Gasteiger partial charge on any atom is -0.343 e. The number of hydrogen-bond acceptors (Lipinski definition) is 5. The smallest absolute Gasteiger partial charge is 0.252 e. The molecule has 2 amide bonds. The summed E-state index contributed by atoms with van der Waals surface area (Å²) < 4.78 is 0. The lowest BCUT2D eigenvalue weighted by Crippen LogP contribution is -2.32. The van der Waals surface area contributed by atoms with Crippen LogP contribution in [-0.2, 0) is 4.79 Å². The summed E-state index contributed by atoms with van der Waals surface area (Å²) in [6.45, 7) is 1.60. The number of nitrogens with one attached hydrogen (secondary N) is 3. The fourth-order valence-corrected chi connectivity index (χ4v) is 1.86. The van der Waals surface area contributed by atoms with Crippen LogP contribution < -0.4 is 10.6 Å². The van der Waals surface area contributed by atoms with Crippen molar-refractivity contribution in [3.8, 4) is 0 Å². The van der Waals surface area contributed by atoms with E-state index in [-0.39, 0.29) is 24.3 Å². The summed E-state index contributed by atoms with van der Waals surface area (Å²) in [5.74, 6) is 0.144. The fourth-order valence-electron chi connectivity index (χ4n) is 1.22. The molecule has 0 aromatic carbocycles. The van der Waals surface area contributed by atoms with Crippen molar-refractivity contribution in [3.63, 3.8) is 0 Å². The molecule has 0 saturated carbocycles. The Morgan fingerprint density at radius 1 is 1.50 bits per heavy atom. The number of hydrogen-bond donors (Lipinski definition) is 3. The van der Waals surface area contributed by atoms with Crippen LogP contribution in [0.25, 0.3) is 0 Å². The number of aryl methyl sites for hydroxylation is 1. The van der Waals surface area contributed by atoms with Crippen molar-refractivity contribution < 1.29 is 9.59 Å². The first kappa shape index (κ1) is 12.2. The highest BCUT2D eigenvalue weighted by Gasteiger charge is 2.09. The summed E-state index contributed by atoms with van der Waals surface area (Å²) in [5.41, 5.74) is 0.543. The summed E-state index contributed by atoms with van der Waals surface area (Å²) >= 11 is 1.42. The zero-order chi connectivity index (χ0) is 13.0. The van der Waals surface area contributed by atoms with Crippen molar-refractivity contribution in [1.82, 2.24) is 20.5 Å². The Bertz CT molecular complexity index is 548. The molecule has 0 bridgehead atoms. The van der Waals surface area contributed by atoms with Crippen LogP contribution in [0.15, 0.2) is 16.8 Å². The molecule has 2 aromatic heterocycles. The van der Waals surface area contributed by atoms with Gasteiger partial charge in [-0.3, -0.25) is 20.0 Å². The summed E-state index contributed by atoms with van der Waals surface area (Å²) in [6, 6.07) is 1.69. The van der Waals surface area contributed by atoms with E-state index in [9.17, 15) is 9.59 Å². The van der Waals surface area contributed by atoms with Gasteiger partial charge in [-0.05, 0) is 18.4 Å². The highest BCUT2D eigenvalue weighted by Crippen LogP contribution is 2.05. The van der Waals surface area contributed by atoms with E-state index in [1.165, 1.54) is 11.3 Å². The molecular formula is C10H11N5O2S. The minimum atomic E-state index is -0.377. The van der Waals surface area contributed by atoms with Crippen molar-refractivity contribution in [3.05, 3.63) is 28.2 Å². The number of aromatic amines is 1. The van der Waals surface area contributed by atoms with Gasteiger partial charge in [-0.25, -0.2) is 0 Å². The van der Waals surface area contributed by atoms with Crippen LogP contribution in [0.3, 0.4) is 0 Å². The molecule has 0 fully saturated rings. The summed E-state index contributed by atoms with van der Waals surface area (Å²) in [7, 11) is 0. The molecule has 7 nitrogen and oxygen atoms in total. The number of anilines is 1. The molecule has 0 spiro atoms. The topological polar surface area (TPSA) is 99.8 Å². The Balaban J connectivity index is 1.80. The number of nitrogens with zero attached hydrogens (tertiary/aromatic N) is 2. The van der Waals surface area contributed by atoms with Crippen molar-refractivity contribution >= 4 is 29.1 Å². The van der Waals surface area contributed by atoms with Crippen molar-refractivity contribution in [2.45, 2.75) is 6.92 Å². The second kappa shape index (κ2) is 5.41. The van der Waals surface area contributed by atoms with Crippen LogP contribution in [0.2, 0.25) is 0 Å². The summed E-state index contributed by atoms with van der Waals surface area (Å²) in [4.78, 5) is 26.9. The van der Waals surface area contributed by atoms with Crippen molar-refractivity contribution in [1.29, 1.82) is 0 Å². The largest absolute Gasteiger partial charge is 0.343 e. The lowest BCUT2D eigenvalue weighted by atomic mass is 10.3. The van der Waals surface area contributed by atoms with Gasteiger partial charge in [0.1, 0.15) is 5.82 Å². The van der Waals surface area contributed by atoms with E-state index < -0.39 is 0 Å². The third-order valence-corrected chi connectivity index (χ3v) is 2.72. The highest BCUT2D eigenvalue weighted by molar-refractivity contribution is 7.08. The zero-order valence-corrected chi connectivity index (χ0v) is 10.4. The number of rotatable bonds is 4. The van der Waals surface area contributed by atoms with E-state index >= 15 is 0 Å². The van der Waals surface area contributed by atoms with Gasteiger partial charge in [0, 0.05) is 10.9 Å². The summed E-state index contributed by atoms with van der Waals surface area (Å²) in [5, 5.41) is 14.8. The van der Waals surface area contributed by atoms with E-state index in [2.05, 4.69) is 25.8 Å². The molecule has 2 rings (SSSR count). The molecule has 2 heterocycles. The van der Waals surface area contributed by atoms with Crippen LogP contribution in [-0.4, -0.2) is 33.5 Å². The molecule has 0 aliphatic rings. The summed E-state index contributed by atoms with van der Waals surface area (Å²) in [6.07, 6.45) is 0. The van der Waals surface area contributed by atoms with Crippen LogP contribution in [0.5, 0.6) is 0 Å². The molecular weight excluding hydrogens is 254 g/mol. The normalized spacial score (nSPS) is 10.1. The third kappa shape index (κ3) is 3.14. The lowest BCUT2D eigenvalue weighted by Gasteiger charge is -2.02. The average molecular weight is 265 g/mol. The van der Waals surface area contributed by atoms with Gasteiger partial charge in [0.2, 0.25) is 11.9 Å². The predicted molar refractivity (Wildman–Crippen MR) is 66.4 cm³/mol.